The lowest BCUT2D eigenvalue weighted by Crippen LogP contribution is -2.40. The highest BCUT2D eigenvalue weighted by molar-refractivity contribution is 8.15. The monoisotopic (exact) mass is 350 g/mol. The number of amides is 1. The zero-order valence-electron chi connectivity index (χ0n) is 13.4. The van der Waals surface area contributed by atoms with E-state index in [0.29, 0.717) is 16.4 Å². The summed E-state index contributed by atoms with van der Waals surface area (Å²) >= 11 is 2.96. The van der Waals surface area contributed by atoms with Crippen LogP contribution in [0.4, 0.5) is 0 Å². The molecule has 0 aromatic carbocycles. The highest BCUT2D eigenvalue weighted by Crippen LogP contribution is 2.44. The molecule has 3 heterocycles. The number of aliphatic imine (C=N–C) groups is 1. The Bertz CT molecular complexity index is 707. The number of hydrogen-bond donors (Lipinski definition) is 0. The van der Waals surface area contributed by atoms with Gasteiger partial charge < -0.3 is 4.74 Å². The summed E-state index contributed by atoms with van der Waals surface area (Å²) in [5.74, 6) is -0.425. The summed E-state index contributed by atoms with van der Waals surface area (Å²) in [5, 5.41) is 2.42. The topological polar surface area (TPSA) is 59.0 Å². The van der Waals surface area contributed by atoms with E-state index in [1.165, 1.54) is 23.1 Å². The predicted octanol–water partition coefficient (Wildman–Crippen LogP) is 3.35. The van der Waals surface area contributed by atoms with Crippen molar-refractivity contribution in [1.82, 2.24) is 4.90 Å². The van der Waals surface area contributed by atoms with Crippen LogP contribution in [0.2, 0.25) is 0 Å². The second-order valence-electron chi connectivity index (χ2n) is 5.73. The van der Waals surface area contributed by atoms with Crippen LogP contribution in [0, 0.1) is 0 Å². The lowest BCUT2D eigenvalue weighted by Gasteiger charge is -2.32. The fourth-order valence-electron chi connectivity index (χ4n) is 2.66. The van der Waals surface area contributed by atoms with Crippen molar-refractivity contribution in [2.75, 3.05) is 0 Å². The molecule has 0 radical (unpaired) electrons. The van der Waals surface area contributed by atoms with Crippen LogP contribution in [0.3, 0.4) is 0 Å². The van der Waals surface area contributed by atoms with E-state index in [4.69, 9.17) is 4.74 Å². The molecule has 3 rings (SSSR count). The summed E-state index contributed by atoms with van der Waals surface area (Å²) in [6.07, 6.45) is -0.222. The maximum absolute atomic E-state index is 12.6. The van der Waals surface area contributed by atoms with E-state index in [1.54, 1.807) is 11.8 Å². The van der Waals surface area contributed by atoms with Gasteiger partial charge in [-0.15, -0.1) is 11.3 Å². The van der Waals surface area contributed by atoms with Crippen LogP contribution in [0.1, 0.15) is 38.6 Å². The maximum Gasteiger partial charge on any atom is 0.338 e. The number of rotatable bonds is 3. The predicted molar refractivity (Wildman–Crippen MR) is 92.3 cm³/mol. The molecule has 5 nitrogen and oxygen atoms in total. The summed E-state index contributed by atoms with van der Waals surface area (Å²) in [5.41, 5.74) is 1.07. The van der Waals surface area contributed by atoms with E-state index in [1.807, 2.05) is 38.3 Å². The van der Waals surface area contributed by atoms with Crippen molar-refractivity contribution < 1.29 is 14.3 Å². The largest absolute Gasteiger partial charge is 0.459 e. The van der Waals surface area contributed by atoms with Gasteiger partial charge in [0.15, 0.2) is 5.17 Å². The third-order valence-electron chi connectivity index (χ3n) is 3.63. The Balaban J connectivity index is 2.10. The van der Waals surface area contributed by atoms with Crippen LogP contribution in [0.15, 0.2) is 33.8 Å². The van der Waals surface area contributed by atoms with Gasteiger partial charge >= 0.3 is 5.97 Å². The van der Waals surface area contributed by atoms with Crippen LogP contribution in [0.25, 0.3) is 0 Å². The van der Waals surface area contributed by atoms with E-state index in [-0.39, 0.29) is 17.3 Å². The van der Waals surface area contributed by atoms with Crippen molar-refractivity contribution in [3.8, 4) is 0 Å². The van der Waals surface area contributed by atoms with Crippen LogP contribution in [0.5, 0.6) is 0 Å². The van der Waals surface area contributed by atoms with E-state index >= 15 is 0 Å². The molecular weight excluding hydrogens is 332 g/mol. The molecule has 0 spiro atoms. The number of hydrogen-bond acceptors (Lipinski definition) is 6. The van der Waals surface area contributed by atoms with E-state index in [9.17, 15) is 9.59 Å². The van der Waals surface area contributed by atoms with Crippen molar-refractivity contribution in [1.29, 1.82) is 0 Å². The summed E-state index contributed by atoms with van der Waals surface area (Å²) < 4.78 is 5.39. The third-order valence-corrected chi connectivity index (χ3v) is 5.61. The maximum atomic E-state index is 12.6. The van der Waals surface area contributed by atoms with Gasteiger partial charge in [-0.25, -0.2) is 9.79 Å². The van der Waals surface area contributed by atoms with Gasteiger partial charge in [0.05, 0.1) is 22.6 Å². The number of carbonyl (C=O) groups excluding carboxylic acids is 2. The number of thioether (sulfide) groups is 1. The summed E-state index contributed by atoms with van der Waals surface area (Å²) in [4.78, 5) is 32.3. The Morgan fingerprint density at radius 1 is 1.43 bits per heavy atom. The quantitative estimate of drug-likeness (QED) is 0.785. The summed E-state index contributed by atoms with van der Waals surface area (Å²) in [7, 11) is 0. The molecule has 0 saturated carbocycles. The number of ether oxygens (including phenoxy) is 1. The number of esters is 1. The van der Waals surface area contributed by atoms with Crippen molar-refractivity contribution >= 4 is 40.1 Å². The summed E-state index contributed by atoms with van der Waals surface area (Å²) in [6, 6.07) is 3.41. The molecule has 7 heteroatoms. The van der Waals surface area contributed by atoms with E-state index < -0.39 is 12.0 Å². The zero-order valence-corrected chi connectivity index (χ0v) is 15.0. The Morgan fingerprint density at radius 3 is 2.78 bits per heavy atom. The molecule has 122 valence electrons. The van der Waals surface area contributed by atoms with Gasteiger partial charge in [-0.1, -0.05) is 17.8 Å². The molecule has 1 aromatic heterocycles. The molecular formula is C16H18N2O3S2. The van der Waals surface area contributed by atoms with E-state index in [2.05, 4.69) is 4.99 Å². The Morgan fingerprint density at radius 2 is 2.17 bits per heavy atom. The molecule has 1 fully saturated rings. The molecule has 0 unspecified atom stereocenters. The van der Waals surface area contributed by atoms with Crippen LogP contribution in [-0.2, 0) is 14.3 Å². The fourth-order valence-corrected chi connectivity index (χ4v) is 4.51. The first-order valence-electron chi connectivity index (χ1n) is 7.43. The number of fused-ring (bicyclic) bond motifs is 1. The Kier molecular flexibility index (Phi) is 4.33. The lowest BCUT2D eigenvalue weighted by molar-refractivity contribution is -0.143. The van der Waals surface area contributed by atoms with Gasteiger partial charge in [0.2, 0.25) is 5.91 Å². The van der Waals surface area contributed by atoms with Gasteiger partial charge in [-0.05, 0) is 39.1 Å². The van der Waals surface area contributed by atoms with Crippen molar-refractivity contribution in [3.63, 3.8) is 0 Å². The molecule has 0 N–H and O–H groups in total. The van der Waals surface area contributed by atoms with Gasteiger partial charge in [-0.2, -0.15) is 0 Å². The standard InChI is InChI=1S/C16H18N2O3S2/c1-8(2)21-15(20)12-9(3)17-16-18(14(19)10(4)23-16)13(12)11-6-5-7-22-11/h5-8,10,13H,1-4H3/t10-,13+/m1/s1. The van der Waals surface area contributed by atoms with Crippen molar-refractivity contribution in [3.05, 3.63) is 33.7 Å². The minimum atomic E-state index is -0.446. The zero-order chi connectivity index (χ0) is 16.7. The lowest BCUT2D eigenvalue weighted by atomic mass is 10.00. The van der Waals surface area contributed by atoms with Gasteiger partial charge in [0, 0.05) is 4.88 Å². The van der Waals surface area contributed by atoms with Crippen molar-refractivity contribution in [2.24, 2.45) is 4.99 Å². The highest BCUT2D eigenvalue weighted by Gasteiger charge is 2.46. The number of thiophene rings is 1. The molecule has 1 aromatic rings. The normalized spacial score (nSPS) is 24.1. The molecule has 1 amide bonds. The van der Waals surface area contributed by atoms with Gasteiger partial charge in [-0.3, -0.25) is 9.69 Å². The van der Waals surface area contributed by atoms with Gasteiger partial charge in [0.1, 0.15) is 6.04 Å². The van der Waals surface area contributed by atoms with Gasteiger partial charge in [0.25, 0.3) is 0 Å². The Hall–Kier alpha value is -1.60. The van der Waals surface area contributed by atoms with Crippen LogP contribution >= 0.6 is 23.1 Å². The number of allylic oxidation sites excluding steroid dienone is 1. The fraction of sp³-hybridized carbons (Fsp3) is 0.438. The highest BCUT2D eigenvalue weighted by atomic mass is 32.2. The SMILES string of the molecule is CC1=C(C(=O)OC(C)C)[C@H](c2cccs2)N2C(=O)[C@@H](C)SC2=N1. The first kappa shape index (κ1) is 16.3. The minimum absolute atomic E-state index is 0.0190. The number of nitrogens with zero attached hydrogens (tertiary/aromatic N) is 2. The molecule has 0 aliphatic carbocycles. The Labute approximate surface area is 143 Å². The first-order valence-corrected chi connectivity index (χ1v) is 9.19. The van der Waals surface area contributed by atoms with Crippen molar-refractivity contribution in [2.45, 2.75) is 45.1 Å². The molecule has 2 aliphatic heterocycles. The molecule has 0 bridgehead atoms. The number of amidine groups is 1. The average molecular weight is 350 g/mol. The smallest absolute Gasteiger partial charge is 0.338 e. The third kappa shape index (κ3) is 2.83. The second kappa shape index (κ2) is 6.13. The molecule has 2 aliphatic rings. The van der Waals surface area contributed by atoms with E-state index in [0.717, 1.165) is 4.88 Å². The van der Waals surface area contributed by atoms with Crippen LogP contribution in [-0.4, -0.2) is 33.3 Å². The second-order valence-corrected chi connectivity index (χ2v) is 8.02. The summed E-state index contributed by atoms with van der Waals surface area (Å²) in [6.45, 7) is 7.28. The molecule has 1 saturated heterocycles. The molecule has 23 heavy (non-hydrogen) atoms. The number of carbonyl (C=O) groups is 2. The molecule has 2 atom stereocenters. The minimum Gasteiger partial charge on any atom is -0.459 e. The average Bonchev–Trinajstić information content (AvgIpc) is 3.06. The first-order chi connectivity index (χ1) is 10.9. The van der Waals surface area contributed by atoms with Crippen LogP contribution < -0.4 is 0 Å².